The van der Waals surface area contributed by atoms with Crippen LogP contribution >= 0.6 is 0 Å². The van der Waals surface area contributed by atoms with Gasteiger partial charge in [-0.25, -0.2) is 0 Å². The highest BCUT2D eigenvalue weighted by Gasteiger charge is 2.26. The topological polar surface area (TPSA) is 64.6 Å². The molecule has 3 nitrogen and oxygen atoms in total. The van der Waals surface area contributed by atoms with E-state index in [0.717, 1.165) is 17.9 Å². The molecule has 1 aliphatic rings. The van der Waals surface area contributed by atoms with Crippen LogP contribution in [0.5, 0.6) is 0 Å². The summed E-state index contributed by atoms with van der Waals surface area (Å²) in [6.07, 6.45) is 0.218. The van der Waals surface area contributed by atoms with Gasteiger partial charge < -0.3 is 16.2 Å². The average molecular weight is 150 g/mol. The molecule has 1 heterocycles. The van der Waals surface area contributed by atoms with Crippen LogP contribution in [0.2, 0.25) is 0 Å². The molecule has 1 aliphatic heterocycles. The molecule has 0 bridgehead atoms. The predicted molar refractivity (Wildman–Crippen MR) is 44.0 cm³/mol. The minimum Gasteiger partial charge on any atom is -0.399 e. The second kappa shape index (κ2) is 2.13. The lowest BCUT2D eigenvalue weighted by Crippen LogP contribution is -1.94. The number of rotatable bonds is 1. The van der Waals surface area contributed by atoms with Crippen LogP contribution in [0.3, 0.4) is 0 Å². The Hall–Kier alpha value is -1.22. The summed E-state index contributed by atoms with van der Waals surface area (Å²) in [6, 6.07) is 5.52. The summed E-state index contributed by atoms with van der Waals surface area (Å²) in [7, 11) is 0. The van der Waals surface area contributed by atoms with Crippen molar-refractivity contribution in [3.8, 4) is 0 Å². The Kier molecular flexibility index (Phi) is 1.26. The molecule has 4 N–H and O–H groups in total. The van der Waals surface area contributed by atoms with Crippen molar-refractivity contribution in [2.45, 2.75) is 6.10 Å². The summed E-state index contributed by atoms with van der Waals surface area (Å²) in [6.45, 7) is 0.786. The molecule has 0 saturated carbocycles. The van der Waals surface area contributed by atoms with Crippen LogP contribution in [0, 0.1) is 0 Å². The van der Waals surface area contributed by atoms with Crippen LogP contribution in [-0.4, -0.2) is 6.61 Å². The number of epoxide rings is 1. The van der Waals surface area contributed by atoms with E-state index < -0.39 is 0 Å². The maximum atomic E-state index is 5.70. The van der Waals surface area contributed by atoms with Gasteiger partial charge in [-0.05, 0) is 12.1 Å². The van der Waals surface area contributed by atoms with Crippen molar-refractivity contribution in [3.63, 3.8) is 0 Å². The number of benzene rings is 1. The molecule has 1 aromatic carbocycles. The predicted octanol–water partition coefficient (Wildman–Crippen LogP) is 0.922. The van der Waals surface area contributed by atoms with E-state index in [-0.39, 0.29) is 6.10 Å². The molecular weight excluding hydrogens is 140 g/mol. The lowest BCUT2D eigenvalue weighted by Gasteiger charge is -2.01. The van der Waals surface area contributed by atoms with Crippen molar-refractivity contribution < 1.29 is 4.74 Å². The Morgan fingerprint density at radius 3 is 2.64 bits per heavy atom. The van der Waals surface area contributed by atoms with Crippen LogP contribution in [0.1, 0.15) is 11.7 Å². The van der Waals surface area contributed by atoms with Gasteiger partial charge in [-0.1, -0.05) is 6.07 Å². The van der Waals surface area contributed by atoms with Crippen molar-refractivity contribution in [1.82, 2.24) is 0 Å². The van der Waals surface area contributed by atoms with E-state index in [1.807, 2.05) is 12.1 Å². The summed E-state index contributed by atoms with van der Waals surface area (Å²) >= 11 is 0. The largest absolute Gasteiger partial charge is 0.399 e. The molecule has 1 saturated heterocycles. The van der Waals surface area contributed by atoms with Gasteiger partial charge in [0, 0.05) is 16.9 Å². The van der Waals surface area contributed by atoms with Crippen LogP contribution in [0.15, 0.2) is 18.2 Å². The third kappa shape index (κ3) is 1.14. The maximum Gasteiger partial charge on any atom is 0.108 e. The summed E-state index contributed by atoms with van der Waals surface area (Å²) in [4.78, 5) is 0. The Balaban J connectivity index is 2.39. The monoisotopic (exact) mass is 150 g/mol. The lowest BCUT2D eigenvalue weighted by molar-refractivity contribution is 0.416. The number of hydrogen-bond acceptors (Lipinski definition) is 3. The van der Waals surface area contributed by atoms with Gasteiger partial charge in [-0.2, -0.15) is 0 Å². The van der Waals surface area contributed by atoms with Crippen molar-refractivity contribution in [2.24, 2.45) is 0 Å². The van der Waals surface area contributed by atoms with Crippen molar-refractivity contribution in [2.75, 3.05) is 18.1 Å². The smallest absolute Gasteiger partial charge is 0.108 e. The van der Waals surface area contributed by atoms with Gasteiger partial charge >= 0.3 is 0 Å². The molecule has 1 aromatic rings. The third-order valence-corrected chi connectivity index (χ3v) is 1.79. The molecule has 1 fully saturated rings. The van der Waals surface area contributed by atoms with Gasteiger partial charge in [0.2, 0.25) is 0 Å². The average Bonchev–Trinajstić information content (AvgIpc) is 2.70. The van der Waals surface area contributed by atoms with Crippen molar-refractivity contribution >= 4 is 11.4 Å². The highest BCUT2D eigenvalue weighted by Crippen LogP contribution is 2.34. The Bertz CT molecular complexity index is 281. The zero-order valence-corrected chi connectivity index (χ0v) is 6.08. The zero-order valence-electron chi connectivity index (χ0n) is 6.08. The van der Waals surface area contributed by atoms with Crippen molar-refractivity contribution in [3.05, 3.63) is 23.8 Å². The molecule has 0 radical (unpaired) electrons. The molecule has 3 heteroatoms. The standard InChI is InChI=1S/C8H10N2O/c9-5-1-2-6(7(10)3-5)8-4-11-8/h1-3,8H,4,9-10H2. The fourth-order valence-electron chi connectivity index (χ4n) is 1.11. The van der Waals surface area contributed by atoms with E-state index >= 15 is 0 Å². The van der Waals surface area contributed by atoms with Gasteiger partial charge in [0.05, 0.1) is 6.61 Å². The number of ether oxygens (including phenoxy) is 1. The first-order valence-electron chi connectivity index (χ1n) is 3.54. The van der Waals surface area contributed by atoms with E-state index in [0.29, 0.717) is 5.69 Å². The summed E-state index contributed by atoms with van der Waals surface area (Å²) < 4.78 is 5.09. The van der Waals surface area contributed by atoms with Crippen LogP contribution in [0.25, 0.3) is 0 Å². The minimum atomic E-state index is 0.218. The highest BCUT2D eigenvalue weighted by atomic mass is 16.6. The van der Waals surface area contributed by atoms with Crippen LogP contribution in [-0.2, 0) is 4.74 Å². The molecule has 0 spiro atoms. The first kappa shape index (κ1) is 6.49. The van der Waals surface area contributed by atoms with Crippen LogP contribution < -0.4 is 11.5 Å². The van der Waals surface area contributed by atoms with Gasteiger partial charge in [0.25, 0.3) is 0 Å². The van der Waals surface area contributed by atoms with E-state index in [9.17, 15) is 0 Å². The minimum absolute atomic E-state index is 0.218. The summed E-state index contributed by atoms with van der Waals surface area (Å²) in [5.74, 6) is 0. The number of anilines is 2. The fourth-order valence-corrected chi connectivity index (χ4v) is 1.11. The number of hydrogen-bond donors (Lipinski definition) is 2. The maximum absolute atomic E-state index is 5.70. The second-order valence-corrected chi connectivity index (χ2v) is 2.71. The molecule has 11 heavy (non-hydrogen) atoms. The van der Waals surface area contributed by atoms with E-state index in [1.54, 1.807) is 6.07 Å². The molecule has 58 valence electrons. The van der Waals surface area contributed by atoms with E-state index in [4.69, 9.17) is 16.2 Å². The quantitative estimate of drug-likeness (QED) is 0.462. The van der Waals surface area contributed by atoms with Gasteiger partial charge in [-0.3, -0.25) is 0 Å². The molecule has 1 atom stereocenters. The number of nitrogens with two attached hydrogens (primary N) is 2. The summed E-state index contributed by atoms with van der Waals surface area (Å²) in [5.41, 5.74) is 13.7. The van der Waals surface area contributed by atoms with Gasteiger partial charge in [-0.15, -0.1) is 0 Å². The molecule has 0 amide bonds. The fraction of sp³-hybridized carbons (Fsp3) is 0.250. The Morgan fingerprint density at radius 1 is 1.36 bits per heavy atom. The van der Waals surface area contributed by atoms with E-state index in [1.165, 1.54) is 0 Å². The van der Waals surface area contributed by atoms with Crippen molar-refractivity contribution in [1.29, 1.82) is 0 Å². The number of nitrogen functional groups attached to an aromatic ring is 2. The van der Waals surface area contributed by atoms with Gasteiger partial charge in [0.15, 0.2) is 0 Å². The SMILES string of the molecule is Nc1ccc(C2CO2)c(N)c1. The molecule has 0 aliphatic carbocycles. The zero-order chi connectivity index (χ0) is 7.84. The first-order valence-corrected chi connectivity index (χ1v) is 3.54. The van der Waals surface area contributed by atoms with Gasteiger partial charge in [0.1, 0.15) is 6.10 Å². The third-order valence-electron chi connectivity index (χ3n) is 1.79. The Morgan fingerprint density at radius 2 is 2.09 bits per heavy atom. The Labute approximate surface area is 64.9 Å². The molecule has 0 aromatic heterocycles. The normalized spacial score (nSPS) is 21.6. The lowest BCUT2D eigenvalue weighted by atomic mass is 10.1. The first-order chi connectivity index (χ1) is 5.27. The summed E-state index contributed by atoms with van der Waals surface area (Å²) in [5, 5.41) is 0. The molecular formula is C8H10N2O. The van der Waals surface area contributed by atoms with E-state index in [2.05, 4.69) is 0 Å². The highest BCUT2D eigenvalue weighted by molar-refractivity contribution is 5.58. The van der Waals surface area contributed by atoms with Crippen LogP contribution in [0.4, 0.5) is 11.4 Å². The molecule has 1 unspecified atom stereocenters. The molecule has 2 rings (SSSR count). The second-order valence-electron chi connectivity index (χ2n) is 2.71.